The van der Waals surface area contributed by atoms with Crippen molar-refractivity contribution in [3.63, 3.8) is 0 Å². The Kier molecular flexibility index (Phi) is 9.36. The highest BCUT2D eigenvalue weighted by molar-refractivity contribution is 6.46. The summed E-state index contributed by atoms with van der Waals surface area (Å²) >= 11 is 0. The second-order valence-corrected chi connectivity index (χ2v) is 8.32. The highest BCUT2D eigenvalue weighted by atomic mass is 16.5. The minimum atomic E-state index is -0.766. The van der Waals surface area contributed by atoms with Gasteiger partial charge in [-0.25, -0.2) is 0 Å². The van der Waals surface area contributed by atoms with Crippen LogP contribution in [0.2, 0.25) is 0 Å². The van der Waals surface area contributed by atoms with E-state index in [1.165, 1.54) is 0 Å². The first-order valence-corrected chi connectivity index (χ1v) is 12.4. The zero-order chi connectivity index (χ0) is 26.2. The minimum absolute atomic E-state index is 0.0522. The lowest BCUT2D eigenvalue weighted by molar-refractivity contribution is -0.140. The zero-order valence-electron chi connectivity index (χ0n) is 21.7. The van der Waals surface area contributed by atoms with Crippen LogP contribution in [-0.2, 0) is 9.59 Å². The standard InChI is InChI=1S/C28H36N2O6/c1-6-29(7-2)16-17-30-25(20-12-15-22(35-8-3)23(18-20)36-9-4)24(27(32)28(30)33)26(31)19-10-13-21(34-5)14-11-19/h10-15,18,25,31H,6-9,16-17H2,1-5H3/t25-/m1/s1. The molecule has 3 rings (SSSR count). The number of aliphatic hydroxyl groups is 1. The van der Waals surface area contributed by atoms with Crippen LogP contribution in [0.15, 0.2) is 48.0 Å². The molecule has 0 saturated carbocycles. The van der Waals surface area contributed by atoms with Crippen molar-refractivity contribution >= 4 is 17.4 Å². The van der Waals surface area contributed by atoms with Gasteiger partial charge < -0.3 is 29.1 Å². The van der Waals surface area contributed by atoms with Crippen molar-refractivity contribution in [1.29, 1.82) is 0 Å². The van der Waals surface area contributed by atoms with Gasteiger partial charge in [-0.3, -0.25) is 9.59 Å². The van der Waals surface area contributed by atoms with Gasteiger partial charge in [0.1, 0.15) is 11.5 Å². The van der Waals surface area contributed by atoms with E-state index in [9.17, 15) is 14.7 Å². The summed E-state index contributed by atoms with van der Waals surface area (Å²) in [5.74, 6) is 0.163. The molecule has 0 radical (unpaired) electrons. The molecule has 2 aromatic rings. The molecular weight excluding hydrogens is 460 g/mol. The highest BCUT2D eigenvalue weighted by Crippen LogP contribution is 2.42. The fourth-order valence-electron chi connectivity index (χ4n) is 4.39. The number of hydrogen-bond donors (Lipinski definition) is 1. The van der Waals surface area contributed by atoms with Crippen LogP contribution in [0, 0.1) is 0 Å². The van der Waals surface area contributed by atoms with Gasteiger partial charge in [-0.2, -0.15) is 0 Å². The van der Waals surface area contributed by atoms with Crippen molar-refractivity contribution in [2.75, 3.05) is 46.5 Å². The van der Waals surface area contributed by atoms with Crippen molar-refractivity contribution in [3.05, 3.63) is 59.2 Å². The number of likely N-dealkylation sites (tertiary alicyclic amines) is 1. The lowest BCUT2D eigenvalue weighted by atomic mass is 9.95. The van der Waals surface area contributed by atoms with Gasteiger partial charge in [0.15, 0.2) is 11.5 Å². The smallest absolute Gasteiger partial charge is 0.295 e. The molecule has 1 aliphatic rings. The Morgan fingerprint density at radius 2 is 1.58 bits per heavy atom. The lowest BCUT2D eigenvalue weighted by Gasteiger charge is -2.28. The Hall–Kier alpha value is -3.52. The SMILES string of the molecule is CCOc1ccc([C@@H]2C(=C(O)c3ccc(OC)cc3)C(=O)C(=O)N2CCN(CC)CC)cc1OCC. The van der Waals surface area contributed by atoms with Crippen LogP contribution in [0.5, 0.6) is 17.2 Å². The topological polar surface area (TPSA) is 88.5 Å². The van der Waals surface area contributed by atoms with Crippen LogP contribution in [0.1, 0.15) is 44.9 Å². The lowest BCUT2D eigenvalue weighted by Crippen LogP contribution is -2.38. The number of hydrogen-bond acceptors (Lipinski definition) is 7. The number of ether oxygens (including phenoxy) is 3. The molecule has 194 valence electrons. The predicted molar refractivity (Wildman–Crippen MR) is 139 cm³/mol. The molecule has 1 atom stereocenters. The number of carbonyl (C=O) groups is 2. The van der Waals surface area contributed by atoms with Gasteiger partial charge in [0.2, 0.25) is 0 Å². The summed E-state index contributed by atoms with van der Waals surface area (Å²) in [5, 5.41) is 11.3. The van der Waals surface area contributed by atoms with Crippen molar-refractivity contribution in [2.45, 2.75) is 33.7 Å². The third kappa shape index (κ3) is 5.65. The number of ketones is 1. The molecule has 1 fully saturated rings. The molecule has 8 nitrogen and oxygen atoms in total. The Labute approximate surface area is 213 Å². The third-order valence-corrected chi connectivity index (χ3v) is 6.34. The van der Waals surface area contributed by atoms with Gasteiger partial charge in [0.25, 0.3) is 11.7 Å². The van der Waals surface area contributed by atoms with E-state index in [2.05, 4.69) is 18.7 Å². The second kappa shape index (κ2) is 12.4. The quantitative estimate of drug-likeness (QED) is 0.267. The number of methoxy groups -OCH3 is 1. The van der Waals surface area contributed by atoms with Crippen molar-refractivity contribution in [2.24, 2.45) is 0 Å². The maximum Gasteiger partial charge on any atom is 0.295 e. The van der Waals surface area contributed by atoms with Crippen LogP contribution < -0.4 is 14.2 Å². The molecule has 1 amide bonds. The van der Waals surface area contributed by atoms with E-state index >= 15 is 0 Å². The zero-order valence-corrected chi connectivity index (χ0v) is 21.7. The minimum Gasteiger partial charge on any atom is -0.507 e. The molecule has 1 aliphatic heterocycles. The van der Waals surface area contributed by atoms with Crippen LogP contribution in [0.25, 0.3) is 5.76 Å². The summed E-state index contributed by atoms with van der Waals surface area (Å²) in [6.45, 7) is 11.4. The summed E-state index contributed by atoms with van der Waals surface area (Å²) in [6.07, 6.45) is 0. The van der Waals surface area contributed by atoms with E-state index in [-0.39, 0.29) is 11.3 Å². The molecule has 8 heteroatoms. The van der Waals surface area contributed by atoms with Crippen LogP contribution in [-0.4, -0.2) is 73.1 Å². The maximum absolute atomic E-state index is 13.3. The molecule has 0 aliphatic carbocycles. The van der Waals surface area contributed by atoms with Crippen LogP contribution in [0.4, 0.5) is 0 Å². The van der Waals surface area contributed by atoms with Gasteiger partial charge in [-0.1, -0.05) is 19.9 Å². The number of benzene rings is 2. The molecule has 1 saturated heterocycles. The molecule has 2 aromatic carbocycles. The van der Waals surface area contributed by atoms with Gasteiger partial charge in [-0.05, 0) is 68.9 Å². The normalized spacial score (nSPS) is 17.1. The molecule has 1 N–H and O–H groups in total. The predicted octanol–water partition coefficient (Wildman–Crippen LogP) is 4.26. The van der Waals surface area contributed by atoms with Gasteiger partial charge in [0, 0.05) is 18.7 Å². The van der Waals surface area contributed by atoms with Crippen molar-refractivity contribution in [3.8, 4) is 17.2 Å². The van der Waals surface area contributed by atoms with E-state index in [4.69, 9.17) is 14.2 Å². The highest BCUT2D eigenvalue weighted by Gasteiger charge is 2.46. The average Bonchev–Trinajstić information content (AvgIpc) is 3.15. The molecule has 1 heterocycles. The Morgan fingerprint density at radius 1 is 0.944 bits per heavy atom. The monoisotopic (exact) mass is 496 g/mol. The maximum atomic E-state index is 13.3. The molecule has 0 unspecified atom stereocenters. The molecular formula is C28H36N2O6. The second-order valence-electron chi connectivity index (χ2n) is 8.32. The molecule has 36 heavy (non-hydrogen) atoms. The molecule has 0 spiro atoms. The first-order chi connectivity index (χ1) is 17.4. The van der Waals surface area contributed by atoms with E-state index in [0.717, 1.165) is 13.1 Å². The van der Waals surface area contributed by atoms with E-state index < -0.39 is 17.7 Å². The number of rotatable bonds is 12. The first-order valence-electron chi connectivity index (χ1n) is 12.4. The van der Waals surface area contributed by atoms with Gasteiger partial charge in [-0.15, -0.1) is 0 Å². The fraction of sp³-hybridized carbons (Fsp3) is 0.429. The summed E-state index contributed by atoms with van der Waals surface area (Å²) in [5.41, 5.74) is 1.14. The number of likely N-dealkylation sites (N-methyl/N-ethyl adjacent to an activating group) is 1. The van der Waals surface area contributed by atoms with E-state index in [0.29, 0.717) is 54.7 Å². The number of aliphatic hydroxyl groups excluding tert-OH is 1. The number of carbonyl (C=O) groups excluding carboxylic acids is 2. The largest absolute Gasteiger partial charge is 0.507 e. The fourth-order valence-corrected chi connectivity index (χ4v) is 4.39. The van der Waals surface area contributed by atoms with Crippen molar-refractivity contribution < 1.29 is 28.9 Å². The van der Waals surface area contributed by atoms with E-state index in [1.807, 2.05) is 19.9 Å². The molecule has 0 bridgehead atoms. The summed E-state index contributed by atoms with van der Waals surface area (Å²) in [6, 6.07) is 11.3. The summed E-state index contributed by atoms with van der Waals surface area (Å²) < 4.78 is 16.7. The number of amides is 1. The molecule has 0 aromatic heterocycles. The average molecular weight is 497 g/mol. The Bertz CT molecular complexity index is 1090. The summed E-state index contributed by atoms with van der Waals surface area (Å²) in [4.78, 5) is 30.3. The Morgan fingerprint density at radius 3 is 2.17 bits per heavy atom. The third-order valence-electron chi connectivity index (χ3n) is 6.34. The Balaban J connectivity index is 2.14. The van der Waals surface area contributed by atoms with Crippen LogP contribution in [0.3, 0.4) is 0 Å². The van der Waals surface area contributed by atoms with Gasteiger partial charge >= 0.3 is 0 Å². The van der Waals surface area contributed by atoms with Crippen molar-refractivity contribution in [1.82, 2.24) is 9.80 Å². The van der Waals surface area contributed by atoms with Gasteiger partial charge in [0.05, 0.1) is 31.9 Å². The number of nitrogens with zero attached hydrogens (tertiary/aromatic N) is 2. The number of Topliss-reactive ketones (excluding diaryl/α,β-unsaturated/α-hetero) is 1. The summed E-state index contributed by atoms with van der Waals surface area (Å²) in [7, 11) is 1.55. The first kappa shape index (κ1) is 27.1. The van der Waals surface area contributed by atoms with E-state index in [1.54, 1.807) is 48.4 Å². The van der Waals surface area contributed by atoms with Crippen LogP contribution >= 0.6 is 0 Å².